The van der Waals surface area contributed by atoms with E-state index < -0.39 is 0 Å². The van der Waals surface area contributed by atoms with Gasteiger partial charge in [0.1, 0.15) is 0 Å². The van der Waals surface area contributed by atoms with Gasteiger partial charge in [0, 0.05) is 49.5 Å². The van der Waals surface area contributed by atoms with E-state index in [0.717, 1.165) is 44.2 Å². The largest absolute Gasteiger partial charge is 0.381 e. The maximum Gasteiger partial charge on any atom is 0.223 e. The van der Waals surface area contributed by atoms with Crippen LogP contribution in [0.15, 0.2) is 11.6 Å². The van der Waals surface area contributed by atoms with Crippen LogP contribution < -0.4 is 0 Å². The van der Waals surface area contributed by atoms with Gasteiger partial charge < -0.3 is 9.64 Å². The van der Waals surface area contributed by atoms with E-state index in [0.29, 0.717) is 11.8 Å². The van der Waals surface area contributed by atoms with E-state index in [9.17, 15) is 4.79 Å². The summed E-state index contributed by atoms with van der Waals surface area (Å²) in [6.45, 7) is 3.48. The van der Waals surface area contributed by atoms with Crippen molar-refractivity contribution in [2.75, 3.05) is 26.3 Å². The van der Waals surface area contributed by atoms with Gasteiger partial charge in [-0.25, -0.2) is 4.98 Å². The number of aromatic nitrogens is 1. The molecule has 2 aliphatic rings. The van der Waals surface area contributed by atoms with Crippen molar-refractivity contribution in [1.82, 2.24) is 9.88 Å². The van der Waals surface area contributed by atoms with Crippen LogP contribution >= 0.6 is 11.3 Å². The van der Waals surface area contributed by atoms with Gasteiger partial charge >= 0.3 is 0 Å². The van der Waals surface area contributed by atoms with E-state index in [1.54, 1.807) is 17.5 Å². The Hall–Kier alpha value is -0.940. The molecule has 3 rings (SSSR count). The van der Waals surface area contributed by atoms with Crippen LogP contribution in [0.2, 0.25) is 0 Å². The summed E-state index contributed by atoms with van der Waals surface area (Å²) in [5, 5.41) is 3.01. The standard InChI is InChI=1S/C12H16N2O2S/c15-11(2-1-10-13-4-6-17-10)14-7-12(8-14)3-5-16-9-12/h4,6H,1-3,5,7-9H2. The van der Waals surface area contributed by atoms with Crippen LogP contribution in [-0.2, 0) is 16.0 Å². The zero-order chi connectivity index (χ0) is 11.7. The molecule has 1 aromatic rings. The molecule has 4 nitrogen and oxygen atoms in total. The van der Waals surface area contributed by atoms with Crippen LogP contribution in [-0.4, -0.2) is 42.1 Å². The number of amides is 1. The molecule has 0 bridgehead atoms. The summed E-state index contributed by atoms with van der Waals surface area (Å²) >= 11 is 1.62. The third kappa shape index (κ3) is 2.21. The van der Waals surface area contributed by atoms with Gasteiger partial charge in [-0.15, -0.1) is 11.3 Å². The SMILES string of the molecule is O=C(CCc1nccs1)N1CC2(CCOC2)C1. The quantitative estimate of drug-likeness (QED) is 0.815. The van der Waals surface area contributed by atoms with Crippen LogP contribution in [0.5, 0.6) is 0 Å². The van der Waals surface area contributed by atoms with Crippen molar-refractivity contribution in [2.45, 2.75) is 19.3 Å². The minimum absolute atomic E-state index is 0.262. The molecular weight excluding hydrogens is 236 g/mol. The summed E-state index contributed by atoms with van der Waals surface area (Å²) in [4.78, 5) is 18.1. The highest BCUT2D eigenvalue weighted by Gasteiger charge is 2.47. The lowest BCUT2D eigenvalue weighted by Crippen LogP contribution is -2.58. The maximum atomic E-state index is 11.9. The third-order valence-corrected chi connectivity index (χ3v) is 4.47. The molecule has 0 unspecified atom stereocenters. The van der Waals surface area contributed by atoms with E-state index in [1.165, 1.54) is 0 Å². The number of ether oxygens (including phenoxy) is 1. The van der Waals surface area contributed by atoms with Crippen molar-refractivity contribution in [2.24, 2.45) is 5.41 Å². The summed E-state index contributed by atoms with van der Waals surface area (Å²) in [5.41, 5.74) is 0.302. The zero-order valence-corrected chi connectivity index (χ0v) is 10.5. The molecule has 0 atom stereocenters. The van der Waals surface area contributed by atoms with Crippen molar-refractivity contribution in [3.8, 4) is 0 Å². The number of hydrogen-bond donors (Lipinski definition) is 0. The first-order valence-corrected chi connectivity index (χ1v) is 6.89. The Balaban J connectivity index is 1.45. The zero-order valence-electron chi connectivity index (χ0n) is 9.72. The van der Waals surface area contributed by atoms with Gasteiger partial charge in [0.05, 0.1) is 11.6 Å². The molecule has 3 heterocycles. The minimum atomic E-state index is 0.262. The highest BCUT2D eigenvalue weighted by atomic mass is 32.1. The molecule has 92 valence electrons. The van der Waals surface area contributed by atoms with Gasteiger partial charge in [-0.1, -0.05) is 0 Å². The van der Waals surface area contributed by atoms with Crippen molar-refractivity contribution in [3.05, 3.63) is 16.6 Å². The van der Waals surface area contributed by atoms with Crippen LogP contribution in [0, 0.1) is 5.41 Å². The fraction of sp³-hybridized carbons (Fsp3) is 0.667. The van der Waals surface area contributed by atoms with E-state index in [2.05, 4.69) is 4.98 Å². The highest BCUT2D eigenvalue weighted by Crippen LogP contribution is 2.38. The van der Waals surface area contributed by atoms with Gasteiger partial charge in [-0.2, -0.15) is 0 Å². The van der Waals surface area contributed by atoms with Gasteiger partial charge in [0.15, 0.2) is 0 Å². The number of thiazole rings is 1. The molecule has 1 spiro atoms. The van der Waals surface area contributed by atoms with Crippen molar-refractivity contribution in [1.29, 1.82) is 0 Å². The number of rotatable bonds is 3. The molecule has 0 N–H and O–H groups in total. The Labute approximate surface area is 105 Å². The molecule has 0 aromatic carbocycles. The first-order chi connectivity index (χ1) is 8.27. The smallest absolute Gasteiger partial charge is 0.223 e. The Kier molecular flexibility index (Phi) is 2.88. The second kappa shape index (κ2) is 4.38. The number of nitrogens with zero attached hydrogens (tertiary/aromatic N) is 2. The number of hydrogen-bond acceptors (Lipinski definition) is 4. The van der Waals surface area contributed by atoms with Crippen molar-refractivity contribution < 1.29 is 9.53 Å². The normalized spacial score (nSPS) is 21.8. The van der Waals surface area contributed by atoms with Crippen LogP contribution in [0.4, 0.5) is 0 Å². The molecule has 0 saturated carbocycles. The lowest BCUT2D eigenvalue weighted by atomic mass is 9.79. The number of likely N-dealkylation sites (tertiary alicyclic amines) is 1. The second-order valence-corrected chi connectivity index (χ2v) is 5.96. The highest BCUT2D eigenvalue weighted by molar-refractivity contribution is 7.09. The van der Waals surface area contributed by atoms with Crippen LogP contribution in [0.25, 0.3) is 0 Å². The Morgan fingerprint density at radius 2 is 2.47 bits per heavy atom. The minimum Gasteiger partial charge on any atom is -0.381 e. The fourth-order valence-corrected chi connectivity index (χ4v) is 3.21. The molecule has 1 amide bonds. The average Bonchev–Trinajstić information content (AvgIpc) is 2.94. The summed E-state index contributed by atoms with van der Waals surface area (Å²) in [7, 11) is 0. The molecule has 2 saturated heterocycles. The molecule has 17 heavy (non-hydrogen) atoms. The first kappa shape index (κ1) is 11.2. The van der Waals surface area contributed by atoms with E-state index in [1.807, 2.05) is 10.3 Å². The van der Waals surface area contributed by atoms with E-state index in [-0.39, 0.29) is 5.91 Å². The third-order valence-electron chi connectivity index (χ3n) is 3.63. The number of carbonyl (C=O) groups excluding carboxylic acids is 1. The molecule has 0 radical (unpaired) electrons. The van der Waals surface area contributed by atoms with E-state index in [4.69, 9.17) is 4.74 Å². The number of aryl methyl sites for hydroxylation is 1. The Morgan fingerprint density at radius 3 is 3.12 bits per heavy atom. The number of carbonyl (C=O) groups is 1. The molecule has 5 heteroatoms. The molecular formula is C12H16N2O2S. The summed E-state index contributed by atoms with van der Waals surface area (Å²) in [5.74, 6) is 0.262. The topological polar surface area (TPSA) is 42.4 Å². The fourth-order valence-electron chi connectivity index (χ4n) is 2.59. The second-order valence-electron chi connectivity index (χ2n) is 4.98. The molecule has 2 fully saturated rings. The van der Waals surface area contributed by atoms with Crippen LogP contribution in [0.1, 0.15) is 17.8 Å². The molecule has 0 aliphatic carbocycles. The predicted octanol–water partition coefficient (Wildman–Crippen LogP) is 1.32. The Morgan fingerprint density at radius 1 is 1.59 bits per heavy atom. The summed E-state index contributed by atoms with van der Waals surface area (Å²) in [6.07, 6.45) is 4.27. The maximum absolute atomic E-state index is 11.9. The summed E-state index contributed by atoms with van der Waals surface area (Å²) < 4.78 is 5.40. The Bertz CT molecular complexity index is 391. The predicted molar refractivity (Wildman–Crippen MR) is 64.9 cm³/mol. The average molecular weight is 252 g/mol. The van der Waals surface area contributed by atoms with Gasteiger partial charge in [-0.05, 0) is 6.42 Å². The van der Waals surface area contributed by atoms with Gasteiger partial charge in [-0.3, -0.25) is 4.79 Å². The van der Waals surface area contributed by atoms with Gasteiger partial charge in [0.25, 0.3) is 0 Å². The van der Waals surface area contributed by atoms with Crippen molar-refractivity contribution in [3.63, 3.8) is 0 Å². The van der Waals surface area contributed by atoms with Crippen molar-refractivity contribution >= 4 is 17.2 Å². The van der Waals surface area contributed by atoms with E-state index >= 15 is 0 Å². The first-order valence-electron chi connectivity index (χ1n) is 6.01. The van der Waals surface area contributed by atoms with Crippen LogP contribution in [0.3, 0.4) is 0 Å². The monoisotopic (exact) mass is 252 g/mol. The lowest BCUT2D eigenvalue weighted by molar-refractivity contribution is -0.143. The summed E-state index contributed by atoms with van der Waals surface area (Å²) in [6, 6.07) is 0. The van der Waals surface area contributed by atoms with Gasteiger partial charge in [0.2, 0.25) is 5.91 Å². The molecule has 2 aliphatic heterocycles. The molecule has 1 aromatic heterocycles. The lowest BCUT2D eigenvalue weighted by Gasteiger charge is -2.47.